The molecule has 0 unspecified atom stereocenters. The molecule has 27 heavy (non-hydrogen) atoms. The highest BCUT2D eigenvalue weighted by atomic mass is 35.5. The zero-order valence-corrected chi connectivity index (χ0v) is 16.5. The first-order valence-corrected chi connectivity index (χ1v) is 10.1. The fourth-order valence-corrected chi connectivity index (χ4v) is 4.35. The molecule has 0 aliphatic carbocycles. The van der Waals surface area contributed by atoms with Gasteiger partial charge < -0.3 is 4.74 Å². The average Bonchev–Trinajstić information content (AvgIpc) is 3.11. The van der Waals surface area contributed by atoms with Crippen LogP contribution in [-0.2, 0) is 5.75 Å². The molecule has 0 amide bonds. The van der Waals surface area contributed by atoms with Crippen LogP contribution < -0.4 is 10.3 Å². The first-order chi connectivity index (χ1) is 13.2. The van der Waals surface area contributed by atoms with Gasteiger partial charge in [-0.2, -0.15) is 0 Å². The minimum Gasteiger partial charge on any atom is -0.497 e. The Hall–Kier alpha value is -2.42. The maximum Gasteiger partial charge on any atom is 0.266 e. The molecular weight excluding hydrogens is 404 g/mol. The Bertz CT molecular complexity index is 1180. The van der Waals surface area contributed by atoms with E-state index in [1.807, 2.05) is 36.4 Å². The second-order valence-corrected chi connectivity index (χ2v) is 7.83. The minimum atomic E-state index is -0.140. The molecular formula is C18H13ClN4O2S2. The number of halogens is 1. The van der Waals surface area contributed by atoms with Gasteiger partial charge in [0.1, 0.15) is 15.8 Å². The fourth-order valence-electron chi connectivity index (χ4n) is 2.60. The molecule has 0 aliphatic heterocycles. The van der Waals surface area contributed by atoms with Crippen molar-refractivity contribution in [1.29, 1.82) is 0 Å². The van der Waals surface area contributed by atoms with Crippen molar-refractivity contribution >= 4 is 45.8 Å². The van der Waals surface area contributed by atoms with Gasteiger partial charge in [-0.25, -0.2) is 4.98 Å². The van der Waals surface area contributed by atoms with E-state index in [0.29, 0.717) is 43.3 Å². The predicted molar refractivity (Wildman–Crippen MR) is 108 cm³/mol. The van der Waals surface area contributed by atoms with Crippen LogP contribution in [0.4, 0.5) is 0 Å². The molecule has 0 bridgehead atoms. The Morgan fingerprint density at radius 3 is 2.85 bits per heavy atom. The molecule has 2 heterocycles. The first-order valence-electron chi connectivity index (χ1n) is 7.93. The number of aromatic nitrogens is 4. The summed E-state index contributed by atoms with van der Waals surface area (Å²) in [6.07, 6.45) is 0. The van der Waals surface area contributed by atoms with Gasteiger partial charge in [-0.3, -0.25) is 9.36 Å². The van der Waals surface area contributed by atoms with E-state index in [0.717, 1.165) is 11.5 Å². The summed E-state index contributed by atoms with van der Waals surface area (Å²) in [6.45, 7) is 0. The van der Waals surface area contributed by atoms with Gasteiger partial charge in [-0.1, -0.05) is 46.1 Å². The Labute approximate surface area is 167 Å². The summed E-state index contributed by atoms with van der Waals surface area (Å²) in [6, 6.07) is 14.6. The molecule has 9 heteroatoms. The third-order valence-electron chi connectivity index (χ3n) is 3.90. The van der Waals surface area contributed by atoms with Gasteiger partial charge >= 0.3 is 0 Å². The fraction of sp³-hybridized carbons (Fsp3) is 0.111. The average molecular weight is 417 g/mol. The number of para-hydroxylation sites is 1. The van der Waals surface area contributed by atoms with Crippen molar-refractivity contribution in [3.63, 3.8) is 0 Å². The second kappa shape index (κ2) is 7.67. The van der Waals surface area contributed by atoms with Gasteiger partial charge in [0.05, 0.1) is 23.7 Å². The maximum atomic E-state index is 13.2. The highest BCUT2D eigenvalue weighted by molar-refractivity contribution is 7.98. The zero-order chi connectivity index (χ0) is 18.8. The molecule has 2 aromatic heterocycles. The number of nitrogens with zero attached hydrogens (tertiary/aromatic N) is 4. The SMILES string of the molecule is COc1cccc(-n2c(SCc3nnsc3Cl)nc3ccccc3c2=O)c1. The number of rotatable bonds is 5. The Balaban J connectivity index is 1.87. The molecule has 2 aromatic carbocycles. The lowest BCUT2D eigenvalue weighted by Gasteiger charge is -2.13. The highest BCUT2D eigenvalue weighted by Crippen LogP contribution is 2.28. The van der Waals surface area contributed by atoms with E-state index in [1.54, 1.807) is 23.8 Å². The lowest BCUT2D eigenvalue weighted by molar-refractivity contribution is 0.414. The van der Waals surface area contributed by atoms with Crippen LogP contribution in [0.5, 0.6) is 5.75 Å². The summed E-state index contributed by atoms with van der Waals surface area (Å²) in [4.78, 5) is 17.9. The highest BCUT2D eigenvalue weighted by Gasteiger charge is 2.15. The van der Waals surface area contributed by atoms with Crippen molar-refractivity contribution in [1.82, 2.24) is 19.1 Å². The molecule has 0 fully saturated rings. The number of ether oxygens (including phenoxy) is 1. The minimum absolute atomic E-state index is 0.140. The van der Waals surface area contributed by atoms with Gasteiger partial charge in [0.2, 0.25) is 0 Å². The number of hydrogen-bond donors (Lipinski definition) is 0. The third-order valence-corrected chi connectivity index (χ3v) is 5.84. The van der Waals surface area contributed by atoms with Gasteiger partial charge in [0.25, 0.3) is 5.56 Å². The Morgan fingerprint density at radius 1 is 1.22 bits per heavy atom. The zero-order valence-electron chi connectivity index (χ0n) is 14.1. The van der Waals surface area contributed by atoms with E-state index in [-0.39, 0.29) is 5.56 Å². The molecule has 6 nitrogen and oxygen atoms in total. The first kappa shape index (κ1) is 18.0. The lowest BCUT2D eigenvalue weighted by atomic mass is 10.2. The topological polar surface area (TPSA) is 69.9 Å². The Morgan fingerprint density at radius 2 is 2.07 bits per heavy atom. The van der Waals surface area contributed by atoms with Crippen LogP contribution in [0, 0.1) is 0 Å². The van der Waals surface area contributed by atoms with Crippen LogP contribution in [0.15, 0.2) is 58.5 Å². The molecule has 0 atom stereocenters. The van der Waals surface area contributed by atoms with E-state index >= 15 is 0 Å². The molecule has 0 saturated heterocycles. The number of thioether (sulfide) groups is 1. The molecule has 136 valence electrons. The van der Waals surface area contributed by atoms with Crippen molar-refractivity contribution in [3.05, 3.63) is 68.9 Å². The summed E-state index contributed by atoms with van der Waals surface area (Å²) in [5, 5.41) is 5.13. The summed E-state index contributed by atoms with van der Waals surface area (Å²) < 4.78 is 11.3. The molecule has 0 radical (unpaired) electrons. The van der Waals surface area contributed by atoms with Crippen LogP contribution in [-0.4, -0.2) is 26.2 Å². The third kappa shape index (κ3) is 3.55. The van der Waals surface area contributed by atoms with Gasteiger partial charge in [0, 0.05) is 23.4 Å². The van der Waals surface area contributed by atoms with Crippen LogP contribution in [0.3, 0.4) is 0 Å². The smallest absolute Gasteiger partial charge is 0.266 e. The molecule has 4 rings (SSSR count). The summed E-state index contributed by atoms with van der Waals surface area (Å²) >= 11 is 8.63. The summed E-state index contributed by atoms with van der Waals surface area (Å²) in [5.41, 5.74) is 1.86. The lowest BCUT2D eigenvalue weighted by Crippen LogP contribution is -2.21. The van der Waals surface area contributed by atoms with Crippen molar-refractivity contribution in [2.45, 2.75) is 10.9 Å². The summed E-state index contributed by atoms with van der Waals surface area (Å²) in [7, 11) is 1.59. The largest absolute Gasteiger partial charge is 0.497 e. The van der Waals surface area contributed by atoms with E-state index in [4.69, 9.17) is 21.3 Å². The Kier molecular flexibility index (Phi) is 5.11. The van der Waals surface area contributed by atoms with Gasteiger partial charge in [-0.15, -0.1) is 5.10 Å². The van der Waals surface area contributed by atoms with E-state index < -0.39 is 0 Å². The second-order valence-electron chi connectivity index (χ2n) is 5.54. The van der Waals surface area contributed by atoms with E-state index in [1.165, 1.54) is 11.8 Å². The number of benzene rings is 2. The maximum absolute atomic E-state index is 13.2. The molecule has 0 saturated carbocycles. The number of hydrogen-bond acceptors (Lipinski definition) is 7. The van der Waals surface area contributed by atoms with Crippen LogP contribution in [0.2, 0.25) is 4.34 Å². The quantitative estimate of drug-likeness (QED) is 0.359. The monoisotopic (exact) mass is 416 g/mol. The number of methoxy groups -OCH3 is 1. The van der Waals surface area contributed by atoms with Gasteiger partial charge in [-0.05, 0) is 24.3 Å². The predicted octanol–water partition coefficient (Wildman–Crippen LogP) is 4.19. The van der Waals surface area contributed by atoms with E-state index in [2.05, 4.69) is 9.59 Å². The van der Waals surface area contributed by atoms with Gasteiger partial charge in [0.15, 0.2) is 5.16 Å². The van der Waals surface area contributed by atoms with Crippen molar-refractivity contribution < 1.29 is 4.74 Å². The number of fused-ring (bicyclic) bond motifs is 1. The molecule has 0 N–H and O–H groups in total. The van der Waals surface area contributed by atoms with Crippen LogP contribution in [0.1, 0.15) is 5.69 Å². The molecule has 4 aromatic rings. The summed E-state index contributed by atoms with van der Waals surface area (Å²) in [5.74, 6) is 1.12. The normalized spacial score (nSPS) is 11.0. The standard InChI is InChI=1S/C18H13ClN4O2S2/c1-25-12-6-4-5-11(9-12)23-17(24)13-7-2-3-8-14(13)20-18(23)26-10-15-16(19)27-22-21-15/h2-9H,10H2,1H3. The molecule has 0 spiro atoms. The molecule has 0 aliphatic rings. The van der Waals surface area contributed by atoms with Crippen molar-refractivity contribution in [2.75, 3.05) is 7.11 Å². The van der Waals surface area contributed by atoms with Crippen LogP contribution in [0.25, 0.3) is 16.6 Å². The van der Waals surface area contributed by atoms with E-state index in [9.17, 15) is 4.79 Å². The van der Waals surface area contributed by atoms with Crippen LogP contribution >= 0.6 is 34.9 Å². The van der Waals surface area contributed by atoms with Crippen molar-refractivity contribution in [2.24, 2.45) is 0 Å². The van der Waals surface area contributed by atoms with Crippen molar-refractivity contribution in [3.8, 4) is 11.4 Å².